The highest BCUT2D eigenvalue weighted by Gasteiger charge is 2.16. The smallest absolute Gasteiger partial charge is 0.135 e. The maximum Gasteiger partial charge on any atom is 0.135 e. The van der Waals surface area contributed by atoms with Crippen molar-refractivity contribution in [1.29, 1.82) is 0 Å². The van der Waals surface area contributed by atoms with E-state index in [1.807, 2.05) is 30.3 Å². The predicted octanol–water partition coefficient (Wildman–Crippen LogP) is 16.3. The Hall–Kier alpha value is -5.15. The standard InChI is InChI=1S/C24H14BrNO.C13H10.C12H6BrIO.CH4/c25-15-9-11-23-19(13-15)20-14-16(10-12-24(20)27-23)26-21-7-3-1-5-17(21)18-6-2-4-8-22(18)26;1-3-7-12-10(5-1)9-11-6-2-4-8-13(11)12;13-7-1-3-11-9(5-7)10-6-8(14)2-4-12(10)15-11;/h1-14H;1-8H,9H2;1-6H;1H4. The summed E-state index contributed by atoms with van der Waals surface area (Å²) in [5.74, 6) is 0. The van der Waals surface area contributed by atoms with Gasteiger partial charge in [-0.25, -0.2) is 0 Å². The van der Waals surface area contributed by atoms with Crippen molar-refractivity contribution in [3.63, 3.8) is 0 Å². The summed E-state index contributed by atoms with van der Waals surface area (Å²) in [6.07, 6.45) is 1.10. The third-order valence-electron chi connectivity index (χ3n) is 10.4. The van der Waals surface area contributed by atoms with Gasteiger partial charge in [0.25, 0.3) is 0 Å². The molecule has 0 saturated heterocycles. The van der Waals surface area contributed by atoms with Crippen LogP contribution in [0.3, 0.4) is 0 Å². The Labute approximate surface area is 354 Å². The second kappa shape index (κ2) is 15.1. The molecule has 0 saturated carbocycles. The van der Waals surface area contributed by atoms with E-state index in [9.17, 15) is 0 Å². The fraction of sp³-hybridized carbons (Fsp3) is 0.0400. The molecule has 3 heterocycles. The summed E-state index contributed by atoms with van der Waals surface area (Å²) in [5, 5.41) is 7.14. The molecule has 8 aromatic carbocycles. The van der Waals surface area contributed by atoms with Crippen molar-refractivity contribution in [2.45, 2.75) is 13.8 Å². The maximum absolute atomic E-state index is 6.02. The van der Waals surface area contributed by atoms with Crippen molar-refractivity contribution in [2.24, 2.45) is 0 Å². The fourth-order valence-electron chi connectivity index (χ4n) is 7.88. The monoisotopic (exact) mass is 965 g/mol. The third kappa shape index (κ3) is 6.53. The van der Waals surface area contributed by atoms with Crippen molar-refractivity contribution >= 4 is 120 Å². The number of nitrogens with zero attached hydrogens (tertiary/aromatic N) is 1. The molecule has 0 radical (unpaired) electrons. The molecule has 3 nitrogen and oxygen atoms in total. The number of hydrogen-bond donors (Lipinski definition) is 0. The van der Waals surface area contributed by atoms with Crippen LogP contribution in [0.1, 0.15) is 18.6 Å². The van der Waals surface area contributed by atoms with Gasteiger partial charge in [0.2, 0.25) is 0 Å². The fourth-order valence-corrected chi connectivity index (χ4v) is 9.09. The number of halogens is 3. The number of rotatable bonds is 1. The summed E-state index contributed by atoms with van der Waals surface area (Å²) in [7, 11) is 0. The lowest BCUT2D eigenvalue weighted by Gasteiger charge is -2.07. The molecule has 0 aliphatic heterocycles. The first kappa shape index (κ1) is 36.5. The van der Waals surface area contributed by atoms with Gasteiger partial charge in [0.1, 0.15) is 22.3 Å². The first-order chi connectivity index (χ1) is 27.0. The molecule has 272 valence electrons. The SMILES string of the molecule is Brc1ccc2oc3ccc(-n4c5ccccc5c5ccccc54)cc3c2c1.Brc1ccc2oc3ccc(I)cc3c2c1.C.c1ccc2c(c1)Cc1ccccc1-2. The molecule has 6 heteroatoms. The summed E-state index contributed by atoms with van der Waals surface area (Å²) < 4.78 is 17.5. The molecular weight excluding hydrogens is 933 g/mol. The van der Waals surface area contributed by atoms with Crippen LogP contribution in [0.25, 0.3) is 82.5 Å². The van der Waals surface area contributed by atoms with Crippen LogP contribution in [-0.2, 0) is 6.42 Å². The van der Waals surface area contributed by atoms with Crippen LogP contribution in [0, 0.1) is 3.57 Å². The average molecular weight is 968 g/mol. The van der Waals surface area contributed by atoms with E-state index in [1.54, 1.807) is 0 Å². The van der Waals surface area contributed by atoms with E-state index < -0.39 is 0 Å². The summed E-state index contributed by atoms with van der Waals surface area (Å²) >= 11 is 9.37. The van der Waals surface area contributed by atoms with Gasteiger partial charge < -0.3 is 13.4 Å². The Morgan fingerprint density at radius 2 is 0.857 bits per heavy atom. The molecule has 0 N–H and O–H groups in total. The Morgan fingerprint density at radius 1 is 0.429 bits per heavy atom. The highest BCUT2D eigenvalue weighted by Crippen LogP contribution is 2.38. The highest BCUT2D eigenvalue weighted by molar-refractivity contribution is 14.1. The van der Waals surface area contributed by atoms with E-state index >= 15 is 0 Å². The molecule has 1 aliphatic rings. The number of fused-ring (bicyclic) bond motifs is 12. The van der Waals surface area contributed by atoms with Gasteiger partial charge in [-0.3, -0.25) is 0 Å². The minimum atomic E-state index is 0. The van der Waals surface area contributed by atoms with Crippen LogP contribution in [-0.4, -0.2) is 4.57 Å². The highest BCUT2D eigenvalue weighted by atomic mass is 127. The van der Waals surface area contributed by atoms with E-state index in [0.717, 1.165) is 59.5 Å². The first-order valence-electron chi connectivity index (χ1n) is 18.0. The Morgan fingerprint density at radius 3 is 1.41 bits per heavy atom. The Balaban J connectivity index is 0.000000119. The van der Waals surface area contributed by atoms with Crippen LogP contribution in [0.4, 0.5) is 0 Å². The van der Waals surface area contributed by atoms with E-state index in [0.29, 0.717) is 0 Å². The summed E-state index contributed by atoms with van der Waals surface area (Å²) in [4.78, 5) is 0. The lowest BCUT2D eigenvalue weighted by atomic mass is 10.1. The lowest BCUT2D eigenvalue weighted by Crippen LogP contribution is -1.93. The second-order valence-electron chi connectivity index (χ2n) is 13.7. The molecular formula is C50H34Br2INO2. The van der Waals surface area contributed by atoms with Crippen molar-refractivity contribution < 1.29 is 8.83 Å². The third-order valence-corrected chi connectivity index (χ3v) is 12.0. The first-order valence-corrected chi connectivity index (χ1v) is 20.7. The van der Waals surface area contributed by atoms with Gasteiger partial charge in [-0.2, -0.15) is 0 Å². The molecule has 56 heavy (non-hydrogen) atoms. The molecule has 11 aromatic rings. The van der Waals surface area contributed by atoms with E-state index in [4.69, 9.17) is 8.83 Å². The molecule has 0 unspecified atom stereocenters. The Kier molecular flexibility index (Phi) is 9.82. The number of para-hydroxylation sites is 2. The number of furan rings is 2. The van der Waals surface area contributed by atoms with Crippen molar-refractivity contribution in [3.8, 4) is 16.8 Å². The van der Waals surface area contributed by atoms with Crippen molar-refractivity contribution in [3.05, 3.63) is 194 Å². The lowest BCUT2D eigenvalue weighted by molar-refractivity contribution is 0.668. The zero-order valence-electron chi connectivity index (χ0n) is 29.3. The van der Waals surface area contributed by atoms with Gasteiger partial charge in [0.15, 0.2) is 0 Å². The predicted molar refractivity (Wildman–Crippen MR) is 251 cm³/mol. The average Bonchev–Trinajstić information content (AvgIpc) is 3.97. The zero-order chi connectivity index (χ0) is 37.0. The van der Waals surface area contributed by atoms with Gasteiger partial charge in [-0.05, 0) is 136 Å². The zero-order valence-corrected chi connectivity index (χ0v) is 34.6. The number of hydrogen-bond acceptors (Lipinski definition) is 2. The van der Waals surface area contributed by atoms with Gasteiger partial charge in [-0.1, -0.05) is 124 Å². The molecule has 12 rings (SSSR count). The summed E-state index contributed by atoms with van der Waals surface area (Å²) in [5.41, 5.74) is 13.0. The number of aromatic nitrogens is 1. The minimum absolute atomic E-state index is 0. The normalized spacial score (nSPS) is 11.6. The van der Waals surface area contributed by atoms with Crippen LogP contribution >= 0.6 is 54.5 Å². The van der Waals surface area contributed by atoms with Gasteiger partial charge >= 0.3 is 0 Å². The van der Waals surface area contributed by atoms with Crippen LogP contribution < -0.4 is 0 Å². The van der Waals surface area contributed by atoms with Crippen LogP contribution in [0.15, 0.2) is 188 Å². The van der Waals surface area contributed by atoms with Crippen LogP contribution in [0.5, 0.6) is 0 Å². The molecule has 1 aliphatic carbocycles. The Bertz CT molecular complexity index is 3090. The van der Waals surface area contributed by atoms with Gasteiger partial charge in [0.05, 0.1) is 11.0 Å². The van der Waals surface area contributed by atoms with E-state index in [1.165, 1.54) is 53.0 Å². The van der Waals surface area contributed by atoms with Gasteiger partial charge in [-0.15, -0.1) is 0 Å². The molecule has 0 amide bonds. The maximum atomic E-state index is 6.02. The van der Waals surface area contributed by atoms with E-state index in [-0.39, 0.29) is 7.43 Å². The quantitative estimate of drug-likeness (QED) is 0.154. The number of benzene rings is 8. The van der Waals surface area contributed by atoms with E-state index in [2.05, 4.69) is 199 Å². The van der Waals surface area contributed by atoms with Gasteiger partial charge in [0, 0.05) is 50.5 Å². The second-order valence-corrected chi connectivity index (χ2v) is 16.7. The molecule has 0 fully saturated rings. The molecule has 3 aromatic heterocycles. The molecule has 0 spiro atoms. The molecule has 0 atom stereocenters. The van der Waals surface area contributed by atoms with Crippen molar-refractivity contribution in [2.75, 3.05) is 0 Å². The topological polar surface area (TPSA) is 31.2 Å². The largest absolute Gasteiger partial charge is 0.456 e. The summed E-state index contributed by atoms with van der Waals surface area (Å²) in [6.45, 7) is 0. The van der Waals surface area contributed by atoms with Crippen molar-refractivity contribution in [1.82, 2.24) is 4.57 Å². The van der Waals surface area contributed by atoms with Crippen LogP contribution in [0.2, 0.25) is 0 Å². The minimum Gasteiger partial charge on any atom is -0.456 e. The summed E-state index contributed by atoms with van der Waals surface area (Å²) in [6, 6.07) is 59.3. The molecule has 0 bridgehead atoms.